The molecule has 0 amide bonds. The first kappa shape index (κ1) is 48.2. The Hall–Kier alpha value is -1.80. The summed E-state index contributed by atoms with van der Waals surface area (Å²) in [6.07, 6.45) is 41.0. The van der Waals surface area contributed by atoms with Crippen LogP contribution in [-0.4, -0.2) is 70.7 Å². The van der Waals surface area contributed by atoms with Crippen LogP contribution in [0.4, 0.5) is 0 Å². The Kier molecular flexibility index (Phi) is 33.1. The van der Waals surface area contributed by atoms with E-state index in [0.717, 1.165) is 70.6 Å². The van der Waals surface area contributed by atoms with Crippen molar-refractivity contribution < 1.29 is 37.3 Å². The van der Waals surface area contributed by atoms with Gasteiger partial charge in [0.15, 0.2) is 0 Å². The quantitative estimate of drug-likeness (QED) is 0.0211. The highest BCUT2D eigenvalue weighted by molar-refractivity contribution is 7.45. The van der Waals surface area contributed by atoms with Gasteiger partial charge in [-0.05, 0) is 70.6 Å². The summed E-state index contributed by atoms with van der Waals surface area (Å²) in [6, 6.07) is 0. The molecule has 2 unspecified atom stereocenters. The third kappa shape index (κ3) is 37.5. The van der Waals surface area contributed by atoms with Gasteiger partial charge >= 0.3 is 5.97 Å². The van der Waals surface area contributed by atoms with Gasteiger partial charge in [0.1, 0.15) is 19.3 Å². The minimum atomic E-state index is -4.54. The number of likely N-dealkylation sites (N-methyl/N-ethyl adjacent to an activating group) is 1. The number of allylic oxidation sites excluding steroid dienone is 10. The minimum Gasteiger partial charge on any atom is -0.756 e. The van der Waals surface area contributed by atoms with Crippen LogP contribution in [0.2, 0.25) is 0 Å². The van der Waals surface area contributed by atoms with Gasteiger partial charge in [0.25, 0.3) is 7.82 Å². The lowest BCUT2D eigenvalue weighted by atomic mass is 10.1. The van der Waals surface area contributed by atoms with E-state index >= 15 is 0 Å². The second-order valence-electron chi connectivity index (χ2n) is 13.9. The van der Waals surface area contributed by atoms with E-state index in [4.69, 9.17) is 18.5 Å². The molecular weight excluding hydrogens is 649 g/mol. The Morgan fingerprint density at radius 1 is 0.640 bits per heavy atom. The first-order chi connectivity index (χ1) is 24.1. The number of unbranched alkanes of at least 4 members (excludes halogenated alkanes) is 11. The molecule has 0 saturated heterocycles. The van der Waals surface area contributed by atoms with Gasteiger partial charge in [-0.25, -0.2) is 0 Å². The molecule has 0 fully saturated rings. The summed E-state index contributed by atoms with van der Waals surface area (Å²) in [5, 5.41) is 0. The zero-order valence-electron chi connectivity index (χ0n) is 32.6. The Morgan fingerprint density at radius 2 is 1.16 bits per heavy atom. The van der Waals surface area contributed by atoms with Crippen molar-refractivity contribution in [2.24, 2.45) is 0 Å². The highest BCUT2D eigenvalue weighted by Gasteiger charge is 2.20. The molecule has 9 heteroatoms. The number of nitrogens with zero attached hydrogens (tertiary/aromatic N) is 1. The minimum absolute atomic E-state index is 0.0118. The molecule has 0 saturated carbocycles. The van der Waals surface area contributed by atoms with Crippen molar-refractivity contribution in [2.45, 2.75) is 142 Å². The van der Waals surface area contributed by atoms with Crippen LogP contribution >= 0.6 is 7.82 Å². The number of phosphoric ester groups is 1. The van der Waals surface area contributed by atoms with E-state index in [1.165, 1.54) is 44.9 Å². The number of carbonyl (C=O) groups excluding carboxylic acids is 1. The normalized spacial score (nSPS) is 14.6. The number of esters is 1. The Labute approximate surface area is 307 Å². The zero-order valence-corrected chi connectivity index (χ0v) is 33.5. The molecule has 50 heavy (non-hydrogen) atoms. The molecule has 0 aromatic rings. The summed E-state index contributed by atoms with van der Waals surface area (Å²) in [5.74, 6) is -0.365. The van der Waals surface area contributed by atoms with Crippen LogP contribution in [0, 0.1) is 0 Å². The van der Waals surface area contributed by atoms with Gasteiger partial charge in [-0.2, -0.15) is 0 Å². The summed E-state index contributed by atoms with van der Waals surface area (Å²) in [5.41, 5.74) is 0. The van der Waals surface area contributed by atoms with Crippen LogP contribution in [0.5, 0.6) is 0 Å². The molecule has 0 bridgehead atoms. The fourth-order valence-electron chi connectivity index (χ4n) is 4.78. The first-order valence-electron chi connectivity index (χ1n) is 19.5. The lowest BCUT2D eigenvalue weighted by Gasteiger charge is -2.28. The van der Waals surface area contributed by atoms with Gasteiger partial charge in [-0.15, -0.1) is 0 Å². The first-order valence-corrected chi connectivity index (χ1v) is 21.0. The molecule has 0 rings (SSSR count). The van der Waals surface area contributed by atoms with Crippen LogP contribution in [-0.2, 0) is 27.9 Å². The van der Waals surface area contributed by atoms with Gasteiger partial charge in [0, 0.05) is 13.0 Å². The zero-order chi connectivity index (χ0) is 37.0. The van der Waals surface area contributed by atoms with Crippen molar-refractivity contribution in [3.63, 3.8) is 0 Å². The second kappa shape index (κ2) is 34.3. The van der Waals surface area contributed by atoms with Crippen LogP contribution in [0.1, 0.15) is 136 Å². The van der Waals surface area contributed by atoms with Gasteiger partial charge < -0.3 is 27.9 Å². The molecule has 0 spiro atoms. The van der Waals surface area contributed by atoms with Gasteiger partial charge in [0.05, 0.1) is 34.4 Å². The Bertz CT molecular complexity index is 984. The maximum atomic E-state index is 12.6. The molecule has 0 N–H and O–H groups in total. The summed E-state index contributed by atoms with van der Waals surface area (Å²) < 4.78 is 34.4. The van der Waals surface area contributed by atoms with Gasteiger partial charge in [0.2, 0.25) is 0 Å². The molecular formula is C41H74NO7P. The molecule has 0 aromatic heterocycles. The molecule has 0 aliphatic carbocycles. The highest BCUT2D eigenvalue weighted by atomic mass is 31.2. The van der Waals surface area contributed by atoms with Crippen LogP contribution in [0.25, 0.3) is 0 Å². The van der Waals surface area contributed by atoms with Crippen molar-refractivity contribution >= 4 is 13.8 Å². The number of hydrogen-bond donors (Lipinski definition) is 0. The second-order valence-corrected chi connectivity index (χ2v) is 15.3. The maximum Gasteiger partial charge on any atom is 0.306 e. The van der Waals surface area contributed by atoms with E-state index in [-0.39, 0.29) is 32.2 Å². The van der Waals surface area contributed by atoms with Gasteiger partial charge in [-0.1, -0.05) is 120 Å². The third-order valence-electron chi connectivity index (χ3n) is 7.80. The fourth-order valence-corrected chi connectivity index (χ4v) is 5.51. The summed E-state index contributed by atoms with van der Waals surface area (Å²) in [7, 11) is 1.31. The van der Waals surface area contributed by atoms with E-state index in [9.17, 15) is 14.3 Å². The van der Waals surface area contributed by atoms with Crippen molar-refractivity contribution in [3.8, 4) is 0 Å². The predicted octanol–water partition coefficient (Wildman–Crippen LogP) is 10.4. The number of phosphoric acid groups is 1. The average molecular weight is 724 g/mol. The lowest BCUT2D eigenvalue weighted by molar-refractivity contribution is -0.870. The number of quaternary nitrogens is 1. The van der Waals surface area contributed by atoms with Crippen LogP contribution in [0.15, 0.2) is 60.8 Å². The average Bonchev–Trinajstić information content (AvgIpc) is 3.06. The van der Waals surface area contributed by atoms with Crippen molar-refractivity contribution in [1.29, 1.82) is 0 Å². The molecule has 0 radical (unpaired) electrons. The summed E-state index contributed by atoms with van der Waals surface area (Å²) in [6.45, 7) is 5.10. The van der Waals surface area contributed by atoms with E-state index in [1.807, 2.05) is 21.1 Å². The third-order valence-corrected chi connectivity index (χ3v) is 8.77. The van der Waals surface area contributed by atoms with E-state index in [1.54, 1.807) is 0 Å². The smallest absolute Gasteiger partial charge is 0.306 e. The monoisotopic (exact) mass is 724 g/mol. The van der Waals surface area contributed by atoms with E-state index in [2.05, 4.69) is 74.6 Å². The highest BCUT2D eigenvalue weighted by Crippen LogP contribution is 2.38. The fraction of sp³-hybridized carbons (Fsp3) is 0.732. The molecule has 0 aromatic carbocycles. The lowest BCUT2D eigenvalue weighted by Crippen LogP contribution is -2.37. The largest absolute Gasteiger partial charge is 0.756 e. The molecule has 0 aliphatic rings. The summed E-state index contributed by atoms with van der Waals surface area (Å²) in [4.78, 5) is 24.9. The maximum absolute atomic E-state index is 12.6. The topological polar surface area (TPSA) is 94.1 Å². The number of carbonyl (C=O) groups is 1. The Morgan fingerprint density at radius 3 is 1.76 bits per heavy atom. The van der Waals surface area contributed by atoms with E-state index < -0.39 is 13.9 Å². The predicted molar refractivity (Wildman–Crippen MR) is 208 cm³/mol. The molecule has 8 nitrogen and oxygen atoms in total. The van der Waals surface area contributed by atoms with Crippen molar-refractivity contribution in [3.05, 3.63) is 60.8 Å². The standard InChI is InChI=1S/C41H74NO7P/c1-6-8-10-12-14-16-18-20-22-24-26-28-30-32-34-41(43)49-40(39-48-50(44,45)47-37-35-42(3,4)5)38-46-36-33-31-29-27-25-23-21-19-17-15-13-11-9-7-2/h9,11,15,17-18,20-21,23,27,29,40H,6-8,10,12-14,16,19,22,24-26,28,30-39H2,1-5H3/b11-9-,17-15-,20-18-,23-21-,29-27-. The number of ether oxygens (including phenoxy) is 2. The van der Waals surface area contributed by atoms with E-state index in [0.29, 0.717) is 17.6 Å². The number of rotatable bonds is 35. The van der Waals surface area contributed by atoms with Crippen LogP contribution in [0.3, 0.4) is 0 Å². The van der Waals surface area contributed by atoms with Gasteiger partial charge in [-0.3, -0.25) is 9.36 Å². The number of hydrogen-bond acceptors (Lipinski definition) is 7. The molecule has 0 aliphatic heterocycles. The SMILES string of the molecule is CC/C=C\C/C=C\C/C=C\C/C=C\CCCOCC(COP(=O)([O-])OCC[N+](C)(C)C)OC(=O)CCCCCCC/C=C\CCCCCCC. The Balaban J connectivity index is 4.42. The molecule has 0 heterocycles. The molecule has 290 valence electrons. The van der Waals surface area contributed by atoms with Crippen molar-refractivity contribution in [1.82, 2.24) is 0 Å². The van der Waals surface area contributed by atoms with Crippen molar-refractivity contribution in [2.75, 3.05) is 54.1 Å². The molecule has 2 atom stereocenters. The van der Waals surface area contributed by atoms with Crippen LogP contribution < -0.4 is 4.89 Å². The summed E-state index contributed by atoms with van der Waals surface area (Å²) >= 11 is 0.